The number of methoxy groups -OCH3 is 1. The first-order chi connectivity index (χ1) is 8.76. The number of aliphatic hydroxyl groups excluding tert-OH is 1. The normalized spacial score (nSPS) is 21.7. The molecule has 5 nitrogen and oxygen atoms in total. The van der Waals surface area contributed by atoms with Gasteiger partial charge in [-0.3, -0.25) is 4.90 Å². The Morgan fingerprint density at radius 2 is 2.33 bits per heavy atom. The second-order valence-electron chi connectivity index (χ2n) is 4.86. The summed E-state index contributed by atoms with van der Waals surface area (Å²) < 4.78 is 10.4. The second-order valence-corrected chi connectivity index (χ2v) is 4.86. The molecule has 108 valence electrons. The van der Waals surface area contributed by atoms with Gasteiger partial charge in [-0.2, -0.15) is 0 Å². The molecule has 2 N–H and O–H groups in total. The van der Waals surface area contributed by atoms with Crippen LogP contribution in [0, 0.1) is 0 Å². The Morgan fingerprint density at radius 3 is 2.94 bits per heavy atom. The first-order valence-corrected chi connectivity index (χ1v) is 6.96. The lowest BCUT2D eigenvalue weighted by Gasteiger charge is -2.27. The average Bonchev–Trinajstić information content (AvgIpc) is 2.86. The van der Waals surface area contributed by atoms with E-state index in [1.165, 1.54) is 12.8 Å². The largest absolute Gasteiger partial charge is 0.389 e. The molecule has 1 aliphatic rings. The molecule has 0 aliphatic carbocycles. The number of hydrogen-bond acceptors (Lipinski definition) is 5. The number of aliphatic hydroxyl groups is 1. The fourth-order valence-electron chi connectivity index (χ4n) is 2.31. The molecule has 18 heavy (non-hydrogen) atoms. The van der Waals surface area contributed by atoms with E-state index in [9.17, 15) is 5.11 Å². The summed E-state index contributed by atoms with van der Waals surface area (Å²) in [5, 5.41) is 13.4. The van der Waals surface area contributed by atoms with Crippen LogP contribution in [0.3, 0.4) is 0 Å². The van der Waals surface area contributed by atoms with Gasteiger partial charge in [-0.15, -0.1) is 0 Å². The van der Waals surface area contributed by atoms with Crippen molar-refractivity contribution in [3.05, 3.63) is 0 Å². The zero-order valence-electron chi connectivity index (χ0n) is 11.7. The summed E-state index contributed by atoms with van der Waals surface area (Å²) in [6.07, 6.45) is 2.07. The summed E-state index contributed by atoms with van der Waals surface area (Å²) >= 11 is 0. The van der Waals surface area contributed by atoms with Crippen molar-refractivity contribution in [2.24, 2.45) is 0 Å². The van der Waals surface area contributed by atoms with Gasteiger partial charge in [0.05, 0.1) is 19.3 Å². The topological polar surface area (TPSA) is 54.0 Å². The van der Waals surface area contributed by atoms with Gasteiger partial charge >= 0.3 is 0 Å². The van der Waals surface area contributed by atoms with E-state index < -0.39 is 6.10 Å². The number of hydrogen-bond donors (Lipinski definition) is 2. The van der Waals surface area contributed by atoms with Gasteiger partial charge in [0.15, 0.2) is 0 Å². The van der Waals surface area contributed by atoms with Gasteiger partial charge in [-0.05, 0) is 26.3 Å². The number of nitrogens with zero attached hydrogens (tertiary/aromatic N) is 1. The smallest absolute Gasteiger partial charge is 0.0900 e. The lowest BCUT2D eigenvalue weighted by molar-refractivity contribution is 0.0151. The molecule has 2 unspecified atom stereocenters. The Hall–Kier alpha value is -0.200. The molecule has 1 aliphatic heterocycles. The Kier molecular flexibility index (Phi) is 8.54. The Balaban J connectivity index is 2.28. The molecule has 1 saturated heterocycles. The van der Waals surface area contributed by atoms with Crippen LogP contribution in [0.5, 0.6) is 0 Å². The molecule has 0 saturated carbocycles. The van der Waals surface area contributed by atoms with Gasteiger partial charge in [-0.25, -0.2) is 0 Å². The van der Waals surface area contributed by atoms with Crippen LogP contribution in [0.25, 0.3) is 0 Å². The van der Waals surface area contributed by atoms with Crippen molar-refractivity contribution < 1.29 is 14.6 Å². The zero-order valence-corrected chi connectivity index (χ0v) is 11.7. The predicted molar refractivity (Wildman–Crippen MR) is 71.8 cm³/mol. The highest BCUT2D eigenvalue weighted by Crippen LogP contribution is 2.07. The van der Waals surface area contributed by atoms with Crippen molar-refractivity contribution in [2.45, 2.75) is 31.9 Å². The maximum atomic E-state index is 9.90. The number of rotatable bonds is 10. The van der Waals surface area contributed by atoms with Gasteiger partial charge in [0.2, 0.25) is 0 Å². The van der Waals surface area contributed by atoms with E-state index in [1.807, 2.05) is 6.92 Å². The van der Waals surface area contributed by atoms with Crippen molar-refractivity contribution in [3.8, 4) is 0 Å². The summed E-state index contributed by atoms with van der Waals surface area (Å²) in [5.41, 5.74) is 0. The predicted octanol–water partition coefficient (Wildman–Crippen LogP) is 0.0842. The maximum Gasteiger partial charge on any atom is 0.0900 e. The standard InChI is InChI=1S/C13H28N2O3/c1-3-18-11-13(16)10-15(7-8-17-2)9-12-5-4-6-14-12/h12-14,16H,3-11H2,1-2H3. The molecule has 0 aromatic heterocycles. The highest BCUT2D eigenvalue weighted by molar-refractivity contribution is 4.79. The highest BCUT2D eigenvalue weighted by atomic mass is 16.5. The first kappa shape index (κ1) is 15.9. The van der Waals surface area contributed by atoms with E-state index in [4.69, 9.17) is 9.47 Å². The zero-order chi connectivity index (χ0) is 13.2. The van der Waals surface area contributed by atoms with Crippen LogP contribution in [0.4, 0.5) is 0 Å². The van der Waals surface area contributed by atoms with Gasteiger partial charge < -0.3 is 19.9 Å². The van der Waals surface area contributed by atoms with Crippen LogP contribution >= 0.6 is 0 Å². The van der Waals surface area contributed by atoms with Crippen molar-refractivity contribution >= 4 is 0 Å². The van der Waals surface area contributed by atoms with E-state index in [2.05, 4.69) is 10.2 Å². The molecule has 5 heteroatoms. The molecule has 0 radical (unpaired) electrons. The van der Waals surface area contributed by atoms with Crippen LogP contribution < -0.4 is 5.32 Å². The highest BCUT2D eigenvalue weighted by Gasteiger charge is 2.19. The third-order valence-electron chi connectivity index (χ3n) is 3.24. The van der Waals surface area contributed by atoms with Gasteiger partial charge in [0, 0.05) is 39.4 Å². The van der Waals surface area contributed by atoms with Crippen LogP contribution in [0.2, 0.25) is 0 Å². The molecule has 1 fully saturated rings. The minimum atomic E-state index is -0.414. The molecule has 0 amide bonds. The second kappa shape index (κ2) is 9.69. The molecule has 1 heterocycles. The van der Waals surface area contributed by atoms with Crippen LogP contribution in [-0.4, -0.2) is 75.3 Å². The average molecular weight is 260 g/mol. The Labute approximate surface area is 110 Å². The first-order valence-electron chi connectivity index (χ1n) is 6.96. The van der Waals surface area contributed by atoms with E-state index in [1.54, 1.807) is 7.11 Å². The molecule has 0 bridgehead atoms. The van der Waals surface area contributed by atoms with Crippen molar-refractivity contribution in [3.63, 3.8) is 0 Å². The van der Waals surface area contributed by atoms with E-state index in [-0.39, 0.29) is 0 Å². The lowest BCUT2D eigenvalue weighted by Crippen LogP contribution is -2.43. The minimum absolute atomic E-state index is 0.414. The third-order valence-corrected chi connectivity index (χ3v) is 3.24. The third kappa shape index (κ3) is 6.66. The monoisotopic (exact) mass is 260 g/mol. The quantitative estimate of drug-likeness (QED) is 0.583. The van der Waals surface area contributed by atoms with Crippen LogP contribution in [0.15, 0.2) is 0 Å². The van der Waals surface area contributed by atoms with Gasteiger partial charge in [0.25, 0.3) is 0 Å². The molecule has 0 spiro atoms. The van der Waals surface area contributed by atoms with Crippen molar-refractivity contribution in [1.29, 1.82) is 0 Å². The van der Waals surface area contributed by atoms with Gasteiger partial charge in [-0.1, -0.05) is 0 Å². The van der Waals surface area contributed by atoms with Crippen LogP contribution in [-0.2, 0) is 9.47 Å². The Bertz CT molecular complexity index is 199. The molecular formula is C13H28N2O3. The van der Waals surface area contributed by atoms with E-state index in [0.29, 0.717) is 32.4 Å². The summed E-state index contributed by atoms with van der Waals surface area (Å²) in [6, 6.07) is 0.557. The Morgan fingerprint density at radius 1 is 1.50 bits per heavy atom. The fraction of sp³-hybridized carbons (Fsp3) is 1.00. The summed E-state index contributed by atoms with van der Waals surface area (Å²) in [7, 11) is 1.71. The molecule has 2 atom stereocenters. The molecule has 0 aromatic rings. The summed E-state index contributed by atoms with van der Waals surface area (Å²) in [5.74, 6) is 0. The van der Waals surface area contributed by atoms with Gasteiger partial charge in [0.1, 0.15) is 0 Å². The SMILES string of the molecule is CCOCC(O)CN(CCOC)CC1CCCN1. The number of ether oxygens (including phenoxy) is 2. The molecule has 0 aromatic carbocycles. The van der Waals surface area contributed by atoms with E-state index >= 15 is 0 Å². The van der Waals surface area contributed by atoms with Crippen molar-refractivity contribution in [1.82, 2.24) is 10.2 Å². The minimum Gasteiger partial charge on any atom is -0.389 e. The van der Waals surface area contributed by atoms with Crippen molar-refractivity contribution in [2.75, 3.05) is 53.1 Å². The maximum absolute atomic E-state index is 9.90. The molecular weight excluding hydrogens is 232 g/mol. The summed E-state index contributed by atoms with van der Waals surface area (Å²) in [4.78, 5) is 2.26. The molecule has 1 rings (SSSR count). The van der Waals surface area contributed by atoms with E-state index in [0.717, 1.165) is 19.6 Å². The lowest BCUT2D eigenvalue weighted by atomic mass is 10.2. The van der Waals surface area contributed by atoms with Crippen LogP contribution in [0.1, 0.15) is 19.8 Å². The fourth-order valence-corrected chi connectivity index (χ4v) is 2.31. The summed E-state index contributed by atoms with van der Waals surface area (Å²) in [6.45, 7) is 7.32. The number of nitrogens with one attached hydrogen (secondary N) is 1.